The van der Waals surface area contributed by atoms with Crippen LogP contribution in [0.3, 0.4) is 0 Å². The Morgan fingerprint density at radius 3 is 2.86 bits per heavy atom. The van der Waals surface area contributed by atoms with Gasteiger partial charge >= 0.3 is 0 Å². The van der Waals surface area contributed by atoms with Crippen LogP contribution in [-0.4, -0.2) is 46.7 Å². The van der Waals surface area contributed by atoms with Crippen LogP contribution in [0.25, 0.3) is 5.65 Å². The summed E-state index contributed by atoms with van der Waals surface area (Å²) in [5.41, 5.74) is 1.77. The topological polar surface area (TPSA) is 59.7 Å². The number of carbonyl (C=O) groups is 1. The standard InChI is InChI=1S/C15H19BrN4O2/c1-11(21)3-2-4-12-15(16)20-13(17-12)5-6-14(18-20)19-7-9-22-10-8-19/h5-6H,2-4,7-10H2,1H3. The van der Waals surface area contributed by atoms with Crippen molar-refractivity contribution >= 4 is 33.2 Å². The van der Waals surface area contributed by atoms with Gasteiger partial charge in [-0.2, -0.15) is 0 Å². The maximum Gasteiger partial charge on any atom is 0.155 e. The number of aromatic nitrogens is 3. The quantitative estimate of drug-likeness (QED) is 0.811. The number of hydrogen-bond donors (Lipinski definition) is 0. The number of rotatable bonds is 5. The molecule has 3 rings (SSSR count). The number of nitrogens with zero attached hydrogens (tertiary/aromatic N) is 4. The molecule has 0 aromatic carbocycles. The van der Waals surface area contributed by atoms with Gasteiger partial charge in [-0.15, -0.1) is 5.10 Å². The molecule has 0 N–H and O–H groups in total. The van der Waals surface area contributed by atoms with Gasteiger partial charge in [0, 0.05) is 19.5 Å². The lowest BCUT2D eigenvalue weighted by atomic mass is 10.1. The van der Waals surface area contributed by atoms with Crippen LogP contribution in [0.1, 0.15) is 25.5 Å². The Kier molecular flexibility index (Phi) is 4.73. The largest absolute Gasteiger partial charge is 0.378 e. The summed E-state index contributed by atoms with van der Waals surface area (Å²) in [5.74, 6) is 1.15. The number of morpholine rings is 1. The SMILES string of the molecule is CC(=O)CCCc1nc2ccc(N3CCOCC3)nn2c1Br. The summed E-state index contributed by atoms with van der Waals surface area (Å²) in [5, 5.41) is 4.67. The minimum atomic E-state index is 0.215. The Morgan fingerprint density at radius 2 is 2.14 bits per heavy atom. The highest BCUT2D eigenvalue weighted by Gasteiger charge is 2.16. The number of anilines is 1. The second-order valence-corrected chi connectivity index (χ2v) is 6.22. The first-order valence-corrected chi connectivity index (χ1v) is 8.31. The van der Waals surface area contributed by atoms with Crippen molar-refractivity contribution < 1.29 is 9.53 Å². The average molecular weight is 367 g/mol. The lowest BCUT2D eigenvalue weighted by Gasteiger charge is -2.27. The van der Waals surface area contributed by atoms with Gasteiger partial charge in [-0.25, -0.2) is 9.50 Å². The van der Waals surface area contributed by atoms with Gasteiger partial charge in [0.15, 0.2) is 5.65 Å². The molecule has 2 aromatic heterocycles. The fourth-order valence-electron chi connectivity index (χ4n) is 2.57. The highest BCUT2D eigenvalue weighted by atomic mass is 79.9. The molecule has 3 heterocycles. The highest BCUT2D eigenvalue weighted by Crippen LogP contribution is 2.22. The predicted molar refractivity (Wildman–Crippen MR) is 87.3 cm³/mol. The summed E-state index contributed by atoms with van der Waals surface area (Å²) < 4.78 is 8.08. The first-order valence-electron chi connectivity index (χ1n) is 7.51. The number of ketones is 1. The van der Waals surface area contributed by atoms with E-state index >= 15 is 0 Å². The normalized spacial score (nSPS) is 15.5. The first-order chi connectivity index (χ1) is 10.6. The molecule has 0 saturated carbocycles. The summed E-state index contributed by atoms with van der Waals surface area (Å²) in [6, 6.07) is 3.98. The van der Waals surface area contributed by atoms with Crippen LogP contribution in [0.15, 0.2) is 16.7 Å². The minimum absolute atomic E-state index is 0.215. The van der Waals surface area contributed by atoms with E-state index in [1.54, 1.807) is 6.92 Å². The number of fused-ring (bicyclic) bond motifs is 1. The zero-order valence-electron chi connectivity index (χ0n) is 12.6. The smallest absolute Gasteiger partial charge is 0.155 e. The molecule has 1 aliphatic rings. The molecule has 0 bridgehead atoms. The third kappa shape index (κ3) is 3.30. The number of imidazole rings is 1. The van der Waals surface area contributed by atoms with Crippen LogP contribution in [0.2, 0.25) is 0 Å². The van der Waals surface area contributed by atoms with E-state index in [4.69, 9.17) is 4.74 Å². The molecular formula is C15H19BrN4O2. The van der Waals surface area contributed by atoms with Crippen molar-refractivity contribution in [1.82, 2.24) is 14.6 Å². The second-order valence-electron chi connectivity index (χ2n) is 5.47. The molecule has 1 aliphatic heterocycles. The third-order valence-corrected chi connectivity index (χ3v) is 4.55. The monoisotopic (exact) mass is 366 g/mol. The zero-order valence-corrected chi connectivity index (χ0v) is 14.2. The van der Waals surface area contributed by atoms with Crippen LogP contribution >= 0.6 is 15.9 Å². The van der Waals surface area contributed by atoms with Gasteiger partial charge in [0.25, 0.3) is 0 Å². The summed E-state index contributed by atoms with van der Waals surface area (Å²) in [7, 11) is 0. The lowest BCUT2D eigenvalue weighted by Crippen LogP contribution is -2.37. The van der Waals surface area contributed by atoms with Crippen LogP contribution < -0.4 is 4.90 Å². The zero-order chi connectivity index (χ0) is 15.5. The summed E-state index contributed by atoms with van der Waals surface area (Å²) in [6.45, 7) is 4.81. The Morgan fingerprint density at radius 1 is 1.36 bits per heavy atom. The van der Waals surface area contributed by atoms with Crippen molar-refractivity contribution in [3.63, 3.8) is 0 Å². The highest BCUT2D eigenvalue weighted by molar-refractivity contribution is 9.10. The Bertz CT molecular complexity index is 679. The molecule has 1 fully saturated rings. The predicted octanol–water partition coefficient (Wildman–Crippen LogP) is 2.24. The Balaban J connectivity index is 1.81. The molecule has 0 atom stereocenters. The van der Waals surface area contributed by atoms with Gasteiger partial charge in [-0.1, -0.05) is 0 Å². The molecule has 22 heavy (non-hydrogen) atoms. The fourth-order valence-corrected chi connectivity index (χ4v) is 3.12. The van der Waals surface area contributed by atoms with Gasteiger partial charge in [-0.05, 0) is 47.8 Å². The Labute approximate surface area is 137 Å². The van der Waals surface area contributed by atoms with E-state index in [2.05, 4.69) is 30.9 Å². The van der Waals surface area contributed by atoms with Gasteiger partial charge in [0.1, 0.15) is 16.2 Å². The third-order valence-electron chi connectivity index (χ3n) is 3.75. The van der Waals surface area contributed by atoms with Gasteiger partial charge in [-0.3, -0.25) is 0 Å². The van der Waals surface area contributed by atoms with E-state index in [1.165, 1.54) is 0 Å². The Hall–Kier alpha value is -1.47. The number of aryl methyl sites for hydroxylation is 1. The molecule has 7 heteroatoms. The van der Waals surface area contributed by atoms with Crippen molar-refractivity contribution in [3.8, 4) is 0 Å². The molecule has 0 radical (unpaired) electrons. The van der Waals surface area contributed by atoms with E-state index in [0.717, 1.165) is 60.9 Å². The summed E-state index contributed by atoms with van der Waals surface area (Å²) in [6.07, 6.45) is 2.18. The minimum Gasteiger partial charge on any atom is -0.378 e. The molecule has 2 aromatic rings. The van der Waals surface area contributed by atoms with Crippen LogP contribution in [0.5, 0.6) is 0 Å². The maximum atomic E-state index is 11.0. The van der Waals surface area contributed by atoms with Gasteiger partial charge < -0.3 is 14.4 Å². The number of ether oxygens (including phenoxy) is 1. The lowest BCUT2D eigenvalue weighted by molar-refractivity contribution is -0.117. The molecule has 6 nitrogen and oxygen atoms in total. The molecular weight excluding hydrogens is 348 g/mol. The molecule has 0 spiro atoms. The van der Waals surface area contributed by atoms with Crippen molar-refractivity contribution in [3.05, 3.63) is 22.4 Å². The number of carbonyl (C=O) groups excluding carboxylic acids is 1. The van der Waals surface area contributed by atoms with Crippen molar-refractivity contribution in [2.75, 3.05) is 31.2 Å². The van der Waals surface area contributed by atoms with E-state index in [-0.39, 0.29) is 5.78 Å². The average Bonchev–Trinajstić information content (AvgIpc) is 2.84. The van der Waals surface area contributed by atoms with Crippen molar-refractivity contribution in [2.24, 2.45) is 0 Å². The molecule has 1 saturated heterocycles. The maximum absolute atomic E-state index is 11.0. The van der Waals surface area contributed by atoms with E-state index in [0.29, 0.717) is 6.42 Å². The van der Waals surface area contributed by atoms with Gasteiger partial charge in [0.2, 0.25) is 0 Å². The number of hydrogen-bond acceptors (Lipinski definition) is 5. The van der Waals surface area contributed by atoms with E-state index < -0.39 is 0 Å². The van der Waals surface area contributed by atoms with Crippen molar-refractivity contribution in [2.45, 2.75) is 26.2 Å². The second kappa shape index (κ2) is 6.75. The number of halogens is 1. The number of Topliss-reactive ketones (excluding diaryl/α,β-unsaturated/α-hetero) is 1. The van der Waals surface area contributed by atoms with Crippen molar-refractivity contribution in [1.29, 1.82) is 0 Å². The van der Waals surface area contributed by atoms with Gasteiger partial charge in [0.05, 0.1) is 18.9 Å². The van der Waals surface area contributed by atoms with E-state index in [9.17, 15) is 4.79 Å². The fraction of sp³-hybridized carbons (Fsp3) is 0.533. The summed E-state index contributed by atoms with van der Waals surface area (Å²) >= 11 is 3.59. The molecule has 0 aliphatic carbocycles. The van der Waals surface area contributed by atoms with Crippen LogP contribution in [0.4, 0.5) is 5.82 Å². The first kappa shape index (κ1) is 15.4. The summed E-state index contributed by atoms with van der Waals surface area (Å²) in [4.78, 5) is 17.9. The molecule has 118 valence electrons. The van der Waals surface area contributed by atoms with E-state index in [1.807, 2.05) is 16.6 Å². The molecule has 0 unspecified atom stereocenters. The van der Waals surface area contributed by atoms with Crippen LogP contribution in [-0.2, 0) is 16.0 Å². The molecule has 0 amide bonds. The van der Waals surface area contributed by atoms with Crippen LogP contribution in [0, 0.1) is 0 Å².